The van der Waals surface area contributed by atoms with Crippen LogP contribution in [0.4, 0.5) is 4.79 Å². The van der Waals surface area contributed by atoms with Gasteiger partial charge in [0.05, 0.1) is 6.61 Å². The Labute approximate surface area is 134 Å². The molecule has 2 bridgehead atoms. The Hall–Kier alpha value is -0.810. The number of piperidine rings is 1. The molecule has 0 aromatic carbocycles. The lowest BCUT2D eigenvalue weighted by molar-refractivity contribution is 0.00243. The lowest BCUT2D eigenvalue weighted by atomic mass is 9.92. The Kier molecular flexibility index (Phi) is 5.07. The third-order valence-electron chi connectivity index (χ3n) is 5.02. The highest BCUT2D eigenvalue weighted by atomic mass is 16.6. The third kappa shape index (κ3) is 3.93. The molecule has 5 heteroatoms. The maximum atomic E-state index is 12.4. The van der Waals surface area contributed by atoms with Gasteiger partial charge < -0.3 is 20.1 Å². The van der Waals surface area contributed by atoms with Crippen molar-refractivity contribution in [3.05, 3.63) is 0 Å². The number of rotatable bonds is 4. The molecule has 22 heavy (non-hydrogen) atoms. The highest BCUT2D eigenvalue weighted by Crippen LogP contribution is 2.37. The minimum Gasteiger partial charge on any atom is -0.444 e. The number of ether oxygens (including phenoxy) is 1. The minimum atomic E-state index is -0.441. The fourth-order valence-electron chi connectivity index (χ4n) is 3.66. The van der Waals surface area contributed by atoms with E-state index in [-0.39, 0.29) is 30.3 Å². The van der Waals surface area contributed by atoms with Crippen LogP contribution < -0.4 is 5.32 Å². The minimum absolute atomic E-state index is 0.144. The van der Waals surface area contributed by atoms with Crippen LogP contribution in [0, 0.1) is 0 Å². The molecule has 5 nitrogen and oxygen atoms in total. The molecule has 1 amide bonds. The van der Waals surface area contributed by atoms with Crippen molar-refractivity contribution < 1.29 is 14.6 Å². The molecule has 2 aliphatic heterocycles. The lowest BCUT2D eigenvalue weighted by Gasteiger charge is -2.42. The number of hydrogen-bond acceptors (Lipinski definition) is 4. The van der Waals surface area contributed by atoms with E-state index in [1.807, 2.05) is 25.7 Å². The number of hydrogen-bond donors (Lipinski definition) is 2. The number of aliphatic hydroxyl groups is 1. The normalized spacial score (nSPS) is 31.0. The van der Waals surface area contributed by atoms with E-state index in [0.717, 1.165) is 32.1 Å². The maximum Gasteiger partial charge on any atom is 0.410 e. The van der Waals surface area contributed by atoms with Gasteiger partial charge in [-0.1, -0.05) is 6.92 Å². The van der Waals surface area contributed by atoms with E-state index in [1.165, 1.54) is 0 Å². The number of fused-ring (bicyclic) bond motifs is 2. The van der Waals surface area contributed by atoms with Gasteiger partial charge in [0.2, 0.25) is 0 Å². The molecule has 2 heterocycles. The summed E-state index contributed by atoms with van der Waals surface area (Å²) in [5, 5.41) is 13.2. The van der Waals surface area contributed by atoms with Gasteiger partial charge in [0.25, 0.3) is 0 Å². The summed E-state index contributed by atoms with van der Waals surface area (Å²) >= 11 is 0. The number of nitrogens with one attached hydrogen (secondary N) is 1. The molecule has 2 aliphatic rings. The summed E-state index contributed by atoms with van der Waals surface area (Å²) in [6.45, 7) is 10.0. The van der Waals surface area contributed by atoms with Crippen molar-refractivity contribution in [1.82, 2.24) is 10.2 Å². The van der Waals surface area contributed by atoms with E-state index in [0.29, 0.717) is 6.04 Å². The molecule has 0 aromatic rings. The van der Waals surface area contributed by atoms with Crippen LogP contribution in [0.15, 0.2) is 0 Å². The van der Waals surface area contributed by atoms with Gasteiger partial charge >= 0.3 is 6.09 Å². The number of carbonyl (C=O) groups excluding carboxylic acids is 1. The topological polar surface area (TPSA) is 61.8 Å². The first-order chi connectivity index (χ1) is 10.2. The van der Waals surface area contributed by atoms with Crippen molar-refractivity contribution >= 4 is 6.09 Å². The van der Waals surface area contributed by atoms with Gasteiger partial charge in [0.15, 0.2) is 0 Å². The molecule has 0 radical (unpaired) electrons. The van der Waals surface area contributed by atoms with Gasteiger partial charge in [-0.3, -0.25) is 0 Å². The average molecular weight is 312 g/mol. The first kappa shape index (κ1) is 17.5. The Morgan fingerprint density at radius 3 is 2.18 bits per heavy atom. The van der Waals surface area contributed by atoms with E-state index < -0.39 is 5.60 Å². The second kappa shape index (κ2) is 6.36. The van der Waals surface area contributed by atoms with Gasteiger partial charge in [0.1, 0.15) is 5.60 Å². The van der Waals surface area contributed by atoms with Crippen LogP contribution >= 0.6 is 0 Å². The molecular weight excluding hydrogens is 280 g/mol. The van der Waals surface area contributed by atoms with Gasteiger partial charge in [0, 0.05) is 23.7 Å². The fourth-order valence-corrected chi connectivity index (χ4v) is 3.66. The number of aliphatic hydroxyl groups excluding tert-OH is 1. The van der Waals surface area contributed by atoms with Crippen LogP contribution in [0.5, 0.6) is 0 Å². The first-order valence-electron chi connectivity index (χ1n) is 8.57. The molecule has 2 saturated heterocycles. The van der Waals surface area contributed by atoms with E-state index >= 15 is 0 Å². The largest absolute Gasteiger partial charge is 0.444 e. The standard InChI is InChI=1S/C17H32N2O3/c1-6-17(5,11-20)18-12-9-13-7-8-14(10-12)19(13)15(21)22-16(2,3)4/h12-14,18,20H,6-11H2,1-5H3/t12?,13-,14+,17-/m0/s1. The second-order valence-electron chi connectivity index (χ2n) is 8.16. The first-order valence-corrected chi connectivity index (χ1v) is 8.57. The predicted molar refractivity (Wildman–Crippen MR) is 86.8 cm³/mol. The van der Waals surface area contributed by atoms with E-state index in [1.54, 1.807) is 0 Å². The Balaban J connectivity index is 1.98. The van der Waals surface area contributed by atoms with Crippen molar-refractivity contribution in [3.8, 4) is 0 Å². The van der Waals surface area contributed by atoms with Crippen molar-refractivity contribution in [2.75, 3.05) is 6.61 Å². The maximum absolute atomic E-state index is 12.4. The third-order valence-corrected chi connectivity index (χ3v) is 5.02. The van der Waals surface area contributed by atoms with Crippen LogP contribution in [0.3, 0.4) is 0 Å². The smallest absolute Gasteiger partial charge is 0.410 e. The van der Waals surface area contributed by atoms with Crippen LogP contribution in [-0.4, -0.2) is 52.0 Å². The summed E-state index contributed by atoms with van der Waals surface area (Å²) in [7, 11) is 0. The molecule has 2 fully saturated rings. The molecule has 0 aromatic heterocycles. The van der Waals surface area contributed by atoms with E-state index in [2.05, 4.69) is 19.2 Å². The molecule has 0 aliphatic carbocycles. The average Bonchev–Trinajstić information content (AvgIpc) is 2.69. The quantitative estimate of drug-likeness (QED) is 0.838. The number of carbonyl (C=O) groups is 1. The monoisotopic (exact) mass is 312 g/mol. The Morgan fingerprint density at radius 2 is 1.77 bits per heavy atom. The summed E-state index contributed by atoms with van der Waals surface area (Å²) < 4.78 is 5.56. The van der Waals surface area contributed by atoms with Gasteiger partial charge in [-0.2, -0.15) is 0 Å². The molecule has 0 spiro atoms. The molecular formula is C17H32N2O3. The molecule has 0 saturated carbocycles. The highest BCUT2D eigenvalue weighted by Gasteiger charge is 2.45. The summed E-state index contributed by atoms with van der Waals surface area (Å²) in [5.74, 6) is 0. The number of amides is 1. The Morgan fingerprint density at radius 1 is 1.23 bits per heavy atom. The van der Waals surface area contributed by atoms with Crippen molar-refractivity contribution in [3.63, 3.8) is 0 Å². The van der Waals surface area contributed by atoms with Crippen molar-refractivity contribution in [1.29, 1.82) is 0 Å². The molecule has 2 rings (SSSR count). The van der Waals surface area contributed by atoms with Crippen LogP contribution in [0.1, 0.15) is 66.7 Å². The Bertz CT molecular complexity index is 387. The van der Waals surface area contributed by atoms with Gasteiger partial charge in [-0.05, 0) is 59.8 Å². The molecule has 4 atom stereocenters. The van der Waals surface area contributed by atoms with Crippen molar-refractivity contribution in [2.24, 2.45) is 0 Å². The van der Waals surface area contributed by atoms with E-state index in [4.69, 9.17) is 4.74 Å². The summed E-state index contributed by atoms with van der Waals surface area (Å²) in [4.78, 5) is 14.4. The zero-order valence-corrected chi connectivity index (χ0v) is 14.7. The van der Waals surface area contributed by atoms with Crippen LogP contribution in [-0.2, 0) is 4.74 Å². The predicted octanol–water partition coefficient (Wildman–Crippen LogP) is 2.67. The SMILES string of the molecule is CC[C@@](C)(CO)NC1C[C@H]2CC[C@@H](C1)N2C(=O)OC(C)(C)C. The van der Waals surface area contributed by atoms with E-state index in [9.17, 15) is 9.90 Å². The highest BCUT2D eigenvalue weighted by molar-refractivity contribution is 5.69. The summed E-state index contributed by atoms with van der Waals surface area (Å²) in [6.07, 6.45) is 4.74. The molecule has 2 N–H and O–H groups in total. The van der Waals surface area contributed by atoms with Gasteiger partial charge in [-0.25, -0.2) is 4.79 Å². The van der Waals surface area contributed by atoms with Crippen molar-refractivity contribution in [2.45, 2.75) is 96.0 Å². The van der Waals surface area contributed by atoms with Crippen LogP contribution in [0.2, 0.25) is 0 Å². The second-order valence-corrected chi connectivity index (χ2v) is 8.16. The summed E-state index contributed by atoms with van der Waals surface area (Å²) in [6, 6.07) is 0.907. The van der Waals surface area contributed by atoms with Gasteiger partial charge in [-0.15, -0.1) is 0 Å². The molecule has 1 unspecified atom stereocenters. The molecule has 128 valence electrons. The zero-order chi connectivity index (χ0) is 16.5. The van der Waals surface area contributed by atoms with Crippen LogP contribution in [0.25, 0.3) is 0 Å². The zero-order valence-electron chi connectivity index (χ0n) is 14.7. The summed E-state index contributed by atoms with van der Waals surface area (Å²) in [5.41, 5.74) is -0.665. The number of nitrogens with zero attached hydrogens (tertiary/aromatic N) is 1. The lowest BCUT2D eigenvalue weighted by Crippen LogP contribution is -2.57. The fraction of sp³-hybridized carbons (Fsp3) is 0.941.